The first-order chi connectivity index (χ1) is 9.06. The molecule has 0 spiro atoms. The smallest absolute Gasteiger partial charge is 0.264 e. The first kappa shape index (κ1) is 15.3. The maximum Gasteiger partial charge on any atom is 0.264 e. The molecule has 3 nitrogen and oxygen atoms in total. The molecule has 0 fully saturated rings. The van der Waals surface area contributed by atoms with Gasteiger partial charge in [0.05, 0.1) is 8.81 Å². The van der Waals surface area contributed by atoms with Crippen LogP contribution in [-0.2, 0) is 13.1 Å². The Balaban J connectivity index is 1.88. The van der Waals surface area contributed by atoms with Crippen molar-refractivity contribution in [2.75, 3.05) is 6.54 Å². The second kappa shape index (κ2) is 7.04. The molecule has 0 saturated carbocycles. The largest absolute Gasteiger partial charge is 0.312 e. The molecule has 0 radical (unpaired) electrons. The van der Waals surface area contributed by atoms with Crippen LogP contribution in [0.4, 0.5) is 0 Å². The zero-order valence-electron chi connectivity index (χ0n) is 9.83. The van der Waals surface area contributed by atoms with E-state index in [4.69, 9.17) is 11.6 Å². The van der Waals surface area contributed by atoms with E-state index in [0.717, 1.165) is 21.9 Å². The van der Waals surface area contributed by atoms with Crippen LogP contribution < -0.4 is 10.9 Å². The second-order valence-corrected chi connectivity index (χ2v) is 7.46. The lowest BCUT2D eigenvalue weighted by Crippen LogP contribution is -2.26. The lowest BCUT2D eigenvalue weighted by molar-refractivity contribution is 0.585. The Kier molecular flexibility index (Phi) is 5.65. The number of halogens is 3. The third-order valence-electron chi connectivity index (χ3n) is 2.47. The van der Waals surface area contributed by atoms with Crippen LogP contribution in [-0.4, -0.2) is 11.1 Å². The van der Waals surface area contributed by atoms with Gasteiger partial charge in [-0.25, -0.2) is 0 Å². The number of rotatable bonds is 5. The van der Waals surface area contributed by atoms with E-state index < -0.39 is 0 Å². The zero-order valence-corrected chi connectivity index (χ0v) is 14.6. The van der Waals surface area contributed by atoms with E-state index >= 15 is 0 Å². The number of hydrogen-bond acceptors (Lipinski definition) is 3. The average Bonchev–Trinajstić information content (AvgIpc) is 2.76. The number of pyridine rings is 1. The minimum Gasteiger partial charge on any atom is -0.312 e. The van der Waals surface area contributed by atoms with Gasteiger partial charge in [0.15, 0.2) is 0 Å². The van der Waals surface area contributed by atoms with Crippen LogP contribution in [0.25, 0.3) is 0 Å². The van der Waals surface area contributed by atoms with Gasteiger partial charge in [0, 0.05) is 35.2 Å². The Hall–Kier alpha value is -0.140. The van der Waals surface area contributed by atoms with Crippen LogP contribution in [0.5, 0.6) is 0 Å². The van der Waals surface area contributed by atoms with E-state index in [9.17, 15) is 4.79 Å². The highest BCUT2D eigenvalue weighted by Gasteiger charge is 2.03. The number of hydrogen-bond donors (Lipinski definition) is 1. The Morgan fingerprint density at radius 3 is 2.84 bits per heavy atom. The van der Waals surface area contributed by atoms with E-state index in [0.29, 0.717) is 11.0 Å². The topological polar surface area (TPSA) is 34.0 Å². The molecule has 0 aliphatic rings. The summed E-state index contributed by atoms with van der Waals surface area (Å²) in [5, 5.41) is 3.29. The van der Waals surface area contributed by atoms with Gasteiger partial charge in [-0.2, -0.15) is 0 Å². The average molecular weight is 427 g/mol. The molecule has 0 amide bonds. The molecule has 2 aromatic rings. The molecule has 0 saturated heterocycles. The minimum absolute atomic E-state index is 0.0239. The SMILES string of the molecule is O=c1c(Br)cc(Br)cn1CCNCc1ccc(Cl)s1. The summed E-state index contributed by atoms with van der Waals surface area (Å²) >= 11 is 14.0. The molecule has 7 heteroatoms. The number of aromatic nitrogens is 1. The third-order valence-corrected chi connectivity index (χ3v) is 4.70. The molecule has 0 aromatic carbocycles. The Bertz CT molecular complexity index is 626. The van der Waals surface area contributed by atoms with E-state index in [2.05, 4.69) is 37.2 Å². The summed E-state index contributed by atoms with van der Waals surface area (Å²) in [5.74, 6) is 0. The van der Waals surface area contributed by atoms with Crippen molar-refractivity contribution in [1.82, 2.24) is 9.88 Å². The highest BCUT2D eigenvalue weighted by Crippen LogP contribution is 2.20. The summed E-state index contributed by atoms with van der Waals surface area (Å²) < 4.78 is 3.91. The molecule has 2 heterocycles. The van der Waals surface area contributed by atoms with Crippen molar-refractivity contribution >= 4 is 54.8 Å². The first-order valence-electron chi connectivity index (χ1n) is 5.56. The summed E-state index contributed by atoms with van der Waals surface area (Å²) in [7, 11) is 0. The monoisotopic (exact) mass is 424 g/mol. The summed E-state index contributed by atoms with van der Waals surface area (Å²) in [4.78, 5) is 13.0. The molecular formula is C12H11Br2ClN2OS. The van der Waals surface area contributed by atoms with E-state index in [1.807, 2.05) is 12.1 Å². The molecule has 19 heavy (non-hydrogen) atoms. The quantitative estimate of drug-likeness (QED) is 0.737. The number of thiophene rings is 1. The molecule has 0 aliphatic carbocycles. The van der Waals surface area contributed by atoms with Crippen molar-refractivity contribution in [3.63, 3.8) is 0 Å². The number of nitrogens with one attached hydrogen (secondary N) is 1. The van der Waals surface area contributed by atoms with Crippen LogP contribution in [0.2, 0.25) is 4.34 Å². The van der Waals surface area contributed by atoms with Crippen molar-refractivity contribution in [3.05, 3.63) is 52.9 Å². The van der Waals surface area contributed by atoms with Crippen molar-refractivity contribution in [2.24, 2.45) is 0 Å². The van der Waals surface area contributed by atoms with Crippen LogP contribution in [0.1, 0.15) is 4.88 Å². The molecule has 2 aromatic heterocycles. The maximum atomic E-state index is 11.8. The Morgan fingerprint density at radius 1 is 1.37 bits per heavy atom. The predicted molar refractivity (Wildman–Crippen MR) is 87.1 cm³/mol. The highest BCUT2D eigenvalue weighted by molar-refractivity contribution is 9.11. The van der Waals surface area contributed by atoms with Gasteiger partial charge >= 0.3 is 0 Å². The van der Waals surface area contributed by atoms with Crippen LogP contribution in [0, 0.1) is 0 Å². The van der Waals surface area contributed by atoms with Gasteiger partial charge in [-0.3, -0.25) is 4.79 Å². The summed E-state index contributed by atoms with van der Waals surface area (Å²) in [6.45, 7) is 2.11. The van der Waals surface area contributed by atoms with Gasteiger partial charge in [0.1, 0.15) is 0 Å². The van der Waals surface area contributed by atoms with Gasteiger partial charge in [0.2, 0.25) is 0 Å². The molecule has 1 N–H and O–H groups in total. The van der Waals surface area contributed by atoms with Gasteiger partial charge in [-0.1, -0.05) is 11.6 Å². The minimum atomic E-state index is -0.0239. The highest BCUT2D eigenvalue weighted by atomic mass is 79.9. The van der Waals surface area contributed by atoms with E-state index in [-0.39, 0.29) is 5.56 Å². The second-order valence-electron chi connectivity index (χ2n) is 3.89. The van der Waals surface area contributed by atoms with Crippen LogP contribution >= 0.6 is 54.8 Å². The van der Waals surface area contributed by atoms with Crippen molar-refractivity contribution in [1.29, 1.82) is 0 Å². The van der Waals surface area contributed by atoms with Crippen LogP contribution in [0.3, 0.4) is 0 Å². The summed E-state index contributed by atoms with van der Waals surface area (Å²) in [6, 6.07) is 5.64. The zero-order chi connectivity index (χ0) is 13.8. The standard InChI is InChI=1S/C12H11Br2ClN2OS/c13-8-5-10(14)12(18)17(7-8)4-3-16-6-9-1-2-11(15)19-9/h1-2,5,7,16H,3-4,6H2. The maximum absolute atomic E-state index is 11.8. The van der Waals surface area contributed by atoms with Gasteiger partial charge in [-0.05, 0) is 50.1 Å². The predicted octanol–water partition coefficient (Wildman–Crippen LogP) is 3.88. The molecule has 0 aliphatic heterocycles. The lowest BCUT2D eigenvalue weighted by atomic mass is 10.4. The molecule has 0 bridgehead atoms. The van der Waals surface area contributed by atoms with Crippen molar-refractivity contribution in [2.45, 2.75) is 13.1 Å². The first-order valence-corrected chi connectivity index (χ1v) is 8.35. The molecule has 102 valence electrons. The molecule has 0 unspecified atom stereocenters. The van der Waals surface area contributed by atoms with Gasteiger partial charge < -0.3 is 9.88 Å². The van der Waals surface area contributed by atoms with Crippen molar-refractivity contribution < 1.29 is 0 Å². The molecule has 2 rings (SSSR count). The Labute approximate surface area is 136 Å². The fourth-order valence-corrected chi connectivity index (χ4v) is 3.90. The van der Waals surface area contributed by atoms with Gasteiger partial charge in [-0.15, -0.1) is 11.3 Å². The van der Waals surface area contributed by atoms with E-state index in [1.54, 1.807) is 28.2 Å². The molecule has 0 atom stereocenters. The third kappa shape index (κ3) is 4.43. The fourth-order valence-electron chi connectivity index (χ4n) is 1.59. The lowest BCUT2D eigenvalue weighted by Gasteiger charge is -2.08. The fraction of sp³-hybridized carbons (Fsp3) is 0.250. The molecular weight excluding hydrogens is 415 g/mol. The van der Waals surface area contributed by atoms with E-state index in [1.165, 1.54) is 4.88 Å². The Morgan fingerprint density at radius 2 is 2.16 bits per heavy atom. The summed E-state index contributed by atoms with van der Waals surface area (Å²) in [6.07, 6.45) is 1.79. The summed E-state index contributed by atoms with van der Waals surface area (Å²) in [5.41, 5.74) is -0.0239. The van der Waals surface area contributed by atoms with Gasteiger partial charge in [0.25, 0.3) is 5.56 Å². The van der Waals surface area contributed by atoms with Crippen molar-refractivity contribution in [3.8, 4) is 0 Å². The van der Waals surface area contributed by atoms with Crippen LogP contribution in [0.15, 0.2) is 38.1 Å². The normalized spacial score (nSPS) is 10.9. The number of nitrogens with zero attached hydrogens (tertiary/aromatic N) is 1.